The van der Waals surface area contributed by atoms with Gasteiger partial charge in [0.1, 0.15) is 4.83 Å². The predicted octanol–water partition coefficient (Wildman–Crippen LogP) is 3.18. The maximum Gasteiger partial charge on any atom is 0.262 e. The fourth-order valence-electron chi connectivity index (χ4n) is 3.19. The zero-order chi connectivity index (χ0) is 17.4. The molecule has 7 heteroatoms. The molecule has 1 fully saturated rings. The lowest BCUT2D eigenvalue weighted by atomic mass is 10.1. The van der Waals surface area contributed by atoms with Crippen molar-refractivity contribution in [2.24, 2.45) is 5.92 Å². The van der Waals surface area contributed by atoms with Crippen molar-refractivity contribution in [1.82, 2.24) is 9.55 Å². The van der Waals surface area contributed by atoms with Gasteiger partial charge in [-0.25, -0.2) is 4.98 Å². The van der Waals surface area contributed by atoms with Crippen molar-refractivity contribution < 1.29 is 9.84 Å². The molecule has 5 nitrogen and oxygen atoms in total. The van der Waals surface area contributed by atoms with Crippen molar-refractivity contribution in [3.8, 4) is 11.1 Å². The van der Waals surface area contributed by atoms with E-state index >= 15 is 0 Å². The van der Waals surface area contributed by atoms with Gasteiger partial charge in [0.2, 0.25) is 0 Å². The molecular weight excluding hydrogens is 360 g/mol. The third kappa shape index (κ3) is 3.22. The number of aliphatic hydroxyl groups excluding tert-OH is 1. The Morgan fingerprint density at radius 1 is 1.36 bits per heavy atom. The number of rotatable bonds is 4. The number of hydrogen-bond acceptors (Lipinski definition) is 5. The van der Waals surface area contributed by atoms with E-state index in [1.165, 1.54) is 11.3 Å². The summed E-state index contributed by atoms with van der Waals surface area (Å²) in [7, 11) is 0. The van der Waals surface area contributed by atoms with E-state index in [0.717, 1.165) is 22.4 Å². The lowest BCUT2D eigenvalue weighted by molar-refractivity contribution is 0.0885. The Balaban J connectivity index is 1.71. The Labute approximate surface area is 153 Å². The average Bonchev–Trinajstić information content (AvgIpc) is 3.25. The second-order valence-electron chi connectivity index (χ2n) is 6.28. The van der Waals surface area contributed by atoms with Crippen molar-refractivity contribution in [3.05, 3.63) is 51.3 Å². The number of aliphatic hydroxyl groups is 1. The minimum Gasteiger partial charge on any atom is -0.396 e. The normalized spacial score (nSPS) is 20.4. The van der Waals surface area contributed by atoms with Gasteiger partial charge in [0.05, 0.1) is 31.0 Å². The SMILES string of the molecule is O=c1c2c(-c3ccc(Cl)cc3)csc2ncn1CC1CC(CO)CO1. The van der Waals surface area contributed by atoms with Gasteiger partial charge in [-0.3, -0.25) is 9.36 Å². The van der Waals surface area contributed by atoms with E-state index in [-0.39, 0.29) is 24.2 Å². The first-order valence-corrected chi connectivity index (χ1v) is 9.36. The number of thiophene rings is 1. The highest BCUT2D eigenvalue weighted by Gasteiger charge is 2.26. The van der Waals surface area contributed by atoms with Gasteiger partial charge in [0.15, 0.2) is 0 Å². The summed E-state index contributed by atoms with van der Waals surface area (Å²) in [4.78, 5) is 18.2. The molecule has 1 aliphatic rings. The first kappa shape index (κ1) is 16.7. The number of benzene rings is 1. The fraction of sp³-hybridized carbons (Fsp3) is 0.333. The largest absolute Gasteiger partial charge is 0.396 e. The van der Waals surface area contributed by atoms with E-state index in [1.54, 1.807) is 10.9 Å². The highest BCUT2D eigenvalue weighted by molar-refractivity contribution is 7.17. The number of halogens is 1. The van der Waals surface area contributed by atoms with E-state index in [4.69, 9.17) is 16.3 Å². The van der Waals surface area contributed by atoms with Crippen molar-refractivity contribution in [3.63, 3.8) is 0 Å². The molecule has 0 saturated carbocycles. The van der Waals surface area contributed by atoms with E-state index in [1.807, 2.05) is 29.6 Å². The quantitative estimate of drug-likeness (QED) is 0.759. The fourth-order valence-corrected chi connectivity index (χ4v) is 4.23. The van der Waals surface area contributed by atoms with Gasteiger partial charge in [-0.15, -0.1) is 11.3 Å². The molecule has 2 aromatic heterocycles. The van der Waals surface area contributed by atoms with Crippen molar-refractivity contribution in [1.29, 1.82) is 0 Å². The highest BCUT2D eigenvalue weighted by atomic mass is 35.5. The summed E-state index contributed by atoms with van der Waals surface area (Å²) in [5.74, 6) is 0.156. The molecule has 1 saturated heterocycles. The van der Waals surface area contributed by atoms with E-state index in [9.17, 15) is 9.90 Å². The average molecular weight is 377 g/mol. The summed E-state index contributed by atoms with van der Waals surface area (Å²) >= 11 is 7.42. The van der Waals surface area contributed by atoms with Crippen LogP contribution in [0.15, 0.2) is 40.8 Å². The summed E-state index contributed by atoms with van der Waals surface area (Å²) in [6.45, 7) is 1.11. The standard InChI is InChI=1S/C18H17ClN2O3S/c19-13-3-1-12(2-4-13)15-9-25-17-16(15)18(23)21(10-20-17)6-14-5-11(7-22)8-24-14/h1-4,9-11,14,22H,5-8H2. The van der Waals surface area contributed by atoms with Gasteiger partial charge in [-0.05, 0) is 24.1 Å². The maximum atomic E-state index is 13.0. The van der Waals surface area contributed by atoms with Crippen molar-refractivity contribution in [2.75, 3.05) is 13.2 Å². The van der Waals surface area contributed by atoms with Crippen LogP contribution < -0.4 is 5.56 Å². The Kier molecular flexibility index (Phi) is 4.60. The maximum absolute atomic E-state index is 13.0. The molecule has 3 heterocycles. The van der Waals surface area contributed by atoms with Crippen LogP contribution in [0.4, 0.5) is 0 Å². The van der Waals surface area contributed by atoms with Crippen LogP contribution in [0, 0.1) is 5.92 Å². The van der Waals surface area contributed by atoms with Crippen LogP contribution in [0.2, 0.25) is 5.02 Å². The molecular formula is C18H17ClN2O3S. The third-order valence-corrected chi connectivity index (χ3v) is 5.68. The molecule has 3 aromatic rings. The van der Waals surface area contributed by atoms with Gasteiger partial charge in [-0.1, -0.05) is 23.7 Å². The van der Waals surface area contributed by atoms with Crippen LogP contribution in [0.25, 0.3) is 21.3 Å². The highest BCUT2D eigenvalue weighted by Crippen LogP contribution is 2.31. The van der Waals surface area contributed by atoms with Gasteiger partial charge < -0.3 is 9.84 Å². The van der Waals surface area contributed by atoms with Crippen molar-refractivity contribution >= 4 is 33.2 Å². The minimum absolute atomic E-state index is 0.0627. The van der Waals surface area contributed by atoms with E-state index in [2.05, 4.69) is 4.98 Å². The van der Waals surface area contributed by atoms with Gasteiger partial charge in [0, 0.05) is 28.5 Å². The second kappa shape index (κ2) is 6.88. The van der Waals surface area contributed by atoms with Crippen LogP contribution in [-0.4, -0.2) is 34.0 Å². The smallest absolute Gasteiger partial charge is 0.262 e. The predicted molar refractivity (Wildman–Crippen MR) is 99.3 cm³/mol. The number of fused-ring (bicyclic) bond motifs is 1. The molecule has 1 aromatic carbocycles. The summed E-state index contributed by atoms with van der Waals surface area (Å²) in [6, 6.07) is 7.45. The summed E-state index contributed by atoms with van der Waals surface area (Å²) in [5, 5.41) is 12.5. The molecule has 2 unspecified atom stereocenters. The van der Waals surface area contributed by atoms with Crippen LogP contribution >= 0.6 is 22.9 Å². The zero-order valence-electron chi connectivity index (χ0n) is 13.4. The van der Waals surface area contributed by atoms with Gasteiger partial charge >= 0.3 is 0 Å². The van der Waals surface area contributed by atoms with Crippen LogP contribution in [0.1, 0.15) is 6.42 Å². The molecule has 0 radical (unpaired) electrons. The van der Waals surface area contributed by atoms with E-state index < -0.39 is 0 Å². The van der Waals surface area contributed by atoms with Crippen LogP contribution in [-0.2, 0) is 11.3 Å². The molecule has 4 rings (SSSR count). The third-order valence-electron chi connectivity index (χ3n) is 4.54. The molecule has 0 aliphatic carbocycles. The molecule has 25 heavy (non-hydrogen) atoms. The lowest BCUT2D eigenvalue weighted by Gasteiger charge is -2.11. The summed E-state index contributed by atoms with van der Waals surface area (Å²) in [6.07, 6.45) is 2.28. The first-order valence-electron chi connectivity index (χ1n) is 8.10. The van der Waals surface area contributed by atoms with Crippen molar-refractivity contribution in [2.45, 2.75) is 19.1 Å². The monoisotopic (exact) mass is 376 g/mol. The molecule has 0 amide bonds. The number of hydrogen-bond donors (Lipinski definition) is 1. The molecule has 0 bridgehead atoms. The molecule has 1 aliphatic heterocycles. The number of aromatic nitrogens is 2. The summed E-state index contributed by atoms with van der Waals surface area (Å²) < 4.78 is 7.29. The Morgan fingerprint density at radius 3 is 2.88 bits per heavy atom. The molecule has 0 spiro atoms. The van der Waals surface area contributed by atoms with Gasteiger partial charge in [0.25, 0.3) is 5.56 Å². The summed E-state index contributed by atoms with van der Waals surface area (Å²) in [5.41, 5.74) is 1.76. The molecule has 1 N–H and O–H groups in total. The van der Waals surface area contributed by atoms with Gasteiger partial charge in [-0.2, -0.15) is 0 Å². The number of nitrogens with zero attached hydrogens (tertiary/aromatic N) is 2. The van der Waals surface area contributed by atoms with Crippen LogP contribution in [0.5, 0.6) is 0 Å². The van der Waals surface area contributed by atoms with Crippen LogP contribution in [0.3, 0.4) is 0 Å². The Morgan fingerprint density at radius 2 is 2.16 bits per heavy atom. The number of ether oxygens (including phenoxy) is 1. The lowest BCUT2D eigenvalue weighted by Crippen LogP contribution is -2.26. The first-order chi connectivity index (χ1) is 12.2. The minimum atomic E-state index is -0.0632. The molecule has 130 valence electrons. The Hall–Kier alpha value is -1.73. The Bertz CT molecular complexity index is 951. The molecule has 2 atom stereocenters. The topological polar surface area (TPSA) is 64.4 Å². The zero-order valence-corrected chi connectivity index (χ0v) is 15.0. The van der Waals surface area contributed by atoms with E-state index in [0.29, 0.717) is 23.6 Å². The second-order valence-corrected chi connectivity index (χ2v) is 7.57.